The number of aliphatic imine (C=N–C) groups is 1. The van der Waals surface area contributed by atoms with Crippen LogP contribution < -0.4 is 0 Å². The second-order valence-electron chi connectivity index (χ2n) is 4.91. The van der Waals surface area contributed by atoms with Crippen LogP contribution in [0.15, 0.2) is 4.99 Å². The molecule has 0 radical (unpaired) electrons. The molecule has 4 nitrogen and oxygen atoms in total. The summed E-state index contributed by atoms with van der Waals surface area (Å²) in [4.78, 5) is 4.90. The molecule has 0 saturated carbocycles. The predicted molar refractivity (Wildman–Crippen MR) is 87.3 cm³/mol. The largest absolute Gasteiger partial charge is 0.526 e. The van der Waals surface area contributed by atoms with Crippen LogP contribution in [-0.4, -0.2) is 40.0 Å². The van der Waals surface area contributed by atoms with E-state index in [2.05, 4.69) is 27.7 Å². The Morgan fingerprint density at radius 1 is 0.900 bits per heavy atom. The third-order valence-corrected chi connectivity index (χ3v) is 6.94. The van der Waals surface area contributed by atoms with Gasteiger partial charge in [-0.05, 0) is 46.5 Å². The highest BCUT2D eigenvalue weighted by molar-refractivity contribution is 6.62. The first kappa shape index (κ1) is 19.8. The first-order valence-electron chi connectivity index (χ1n) is 7.97. The lowest BCUT2D eigenvalue weighted by Crippen LogP contribution is -2.56. The zero-order valence-corrected chi connectivity index (χ0v) is 15.4. The maximum atomic E-state index is 5.97. The van der Waals surface area contributed by atoms with E-state index in [-0.39, 0.29) is 5.67 Å². The highest BCUT2D eigenvalue weighted by Gasteiger charge is 2.48. The van der Waals surface area contributed by atoms with Gasteiger partial charge in [-0.15, -0.1) is 0 Å². The summed E-state index contributed by atoms with van der Waals surface area (Å²) in [6.45, 7) is 16.4. The molecular weight excluding hydrogens is 270 g/mol. The van der Waals surface area contributed by atoms with Crippen LogP contribution in [0.5, 0.6) is 0 Å². The van der Waals surface area contributed by atoms with Crippen molar-refractivity contribution in [1.82, 2.24) is 0 Å². The Labute approximate surface area is 126 Å². The van der Waals surface area contributed by atoms with Crippen molar-refractivity contribution in [2.24, 2.45) is 10.9 Å². The van der Waals surface area contributed by atoms with E-state index in [9.17, 15) is 0 Å². The molecule has 5 heteroatoms. The third kappa shape index (κ3) is 5.64. The molecule has 120 valence electrons. The second kappa shape index (κ2) is 10.5. The van der Waals surface area contributed by atoms with Gasteiger partial charge in [0, 0.05) is 25.5 Å². The van der Waals surface area contributed by atoms with Crippen LogP contribution in [0.25, 0.3) is 0 Å². The maximum absolute atomic E-state index is 5.97. The smallest absolute Gasteiger partial charge is 0.373 e. The highest BCUT2D eigenvalue weighted by Crippen LogP contribution is 2.22. The van der Waals surface area contributed by atoms with E-state index >= 15 is 0 Å². The molecule has 0 heterocycles. The Balaban J connectivity index is 5.34. The van der Waals surface area contributed by atoms with Gasteiger partial charge in [0.2, 0.25) is 0 Å². The minimum absolute atomic E-state index is 0.00338. The molecule has 0 aromatic heterocycles. The zero-order valence-electron chi connectivity index (χ0n) is 14.4. The third-order valence-electron chi connectivity index (χ3n) is 3.52. The summed E-state index contributed by atoms with van der Waals surface area (Å²) in [7, 11) is -2.73. The summed E-state index contributed by atoms with van der Waals surface area (Å²) in [6, 6.07) is 0. The van der Waals surface area contributed by atoms with Gasteiger partial charge in [0.05, 0.1) is 0 Å². The van der Waals surface area contributed by atoms with Gasteiger partial charge in [-0.25, -0.2) is 0 Å². The lowest BCUT2D eigenvalue weighted by atomic mass is 10.0. The van der Waals surface area contributed by atoms with Crippen molar-refractivity contribution in [3.63, 3.8) is 0 Å². The monoisotopic (exact) mass is 303 g/mol. The summed E-state index contributed by atoms with van der Waals surface area (Å²) in [6.07, 6.45) is 1.97. The van der Waals surface area contributed by atoms with Crippen molar-refractivity contribution in [2.75, 3.05) is 19.8 Å². The Morgan fingerprint density at radius 2 is 1.35 bits per heavy atom. The van der Waals surface area contributed by atoms with Gasteiger partial charge < -0.3 is 13.3 Å². The summed E-state index contributed by atoms with van der Waals surface area (Å²) in [5.41, 5.74) is 1.16. The molecule has 0 rings (SSSR count). The molecule has 0 aliphatic carbocycles. The number of hydrogen-bond acceptors (Lipinski definition) is 4. The summed E-state index contributed by atoms with van der Waals surface area (Å²) in [5, 5.41) is 0. The van der Waals surface area contributed by atoms with Crippen molar-refractivity contribution in [1.29, 1.82) is 0 Å². The van der Waals surface area contributed by atoms with Gasteiger partial charge in [-0.2, -0.15) is 0 Å². The molecular formula is C15H33NO3Si. The van der Waals surface area contributed by atoms with Crippen molar-refractivity contribution < 1.29 is 13.3 Å². The van der Waals surface area contributed by atoms with Crippen LogP contribution in [0.3, 0.4) is 0 Å². The number of rotatable bonds is 11. The lowest BCUT2D eigenvalue weighted by Gasteiger charge is -2.33. The molecule has 0 spiro atoms. The fourth-order valence-corrected chi connectivity index (χ4v) is 5.00. The first-order valence-corrected chi connectivity index (χ1v) is 9.77. The van der Waals surface area contributed by atoms with E-state index in [1.807, 2.05) is 20.8 Å². The van der Waals surface area contributed by atoms with Gasteiger partial charge in [-0.3, -0.25) is 4.99 Å². The molecule has 0 fully saturated rings. The van der Waals surface area contributed by atoms with Crippen LogP contribution in [0, 0.1) is 5.92 Å². The number of hydrogen-bond donors (Lipinski definition) is 0. The summed E-state index contributed by atoms with van der Waals surface area (Å²) >= 11 is 0. The van der Waals surface area contributed by atoms with Crippen molar-refractivity contribution in [2.45, 2.75) is 67.0 Å². The van der Waals surface area contributed by atoms with E-state index in [1.54, 1.807) is 0 Å². The van der Waals surface area contributed by atoms with E-state index in [0.29, 0.717) is 25.7 Å². The SMILES string of the molecule is CCO[Si](OCC)(OCC)C(CC)N=C(C)C(C)CC. The molecule has 0 amide bonds. The topological polar surface area (TPSA) is 40.0 Å². The Morgan fingerprint density at radius 3 is 1.65 bits per heavy atom. The van der Waals surface area contributed by atoms with E-state index in [4.69, 9.17) is 18.3 Å². The van der Waals surface area contributed by atoms with Gasteiger partial charge in [0.1, 0.15) is 5.67 Å². The van der Waals surface area contributed by atoms with Crippen LogP contribution in [0.1, 0.15) is 61.3 Å². The molecule has 2 atom stereocenters. The van der Waals surface area contributed by atoms with E-state index < -0.39 is 8.80 Å². The minimum atomic E-state index is -2.73. The highest BCUT2D eigenvalue weighted by atomic mass is 28.4. The average Bonchev–Trinajstić information content (AvgIpc) is 2.44. The summed E-state index contributed by atoms with van der Waals surface area (Å²) < 4.78 is 17.9. The molecule has 0 aromatic carbocycles. The average molecular weight is 304 g/mol. The quantitative estimate of drug-likeness (QED) is 0.430. The fraction of sp³-hybridized carbons (Fsp3) is 0.933. The van der Waals surface area contributed by atoms with Crippen LogP contribution in [-0.2, 0) is 13.3 Å². The van der Waals surface area contributed by atoms with Gasteiger partial charge in [-0.1, -0.05) is 20.8 Å². The van der Waals surface area contributed by atoms with Crippen molar-refractivity contribution in [3.8, 4) is 0 Å². The maximum Gasteiger partial charge on any atom is 0.526 e. The second-order valence-corrected chi connectivity index (χ2v) is 7.65. The van der Waals surface area contributed by atoms with Crippen LogP contribution >= 0.6 is 0 Å². The Hall–Kier alpha value is -0.233. The molecule has 0 aliphatic heterocycles. The van der Waals surface area contributed by atoms with E-state index in [0.717, 1.165) is 18.6 Å². The van der Waals surface area contributed by atoms with Crippen LogP contribution in [0.4, 0.5) is 0 Å². The lowest BCUT2D eigenvalue weighted by molar-refractivity contribution is 0.0620. The predicted octanol–water partition coefficient (Wildman–Crippen LogP) is 3.86. The molecule has 0 aromatic rings. The standard InChI is InChI=1S/C15H33NO3Si/c1-8-13(6)14(7)16-15(9-2)20(17-10-3,18-11-4)19-12-5/h13,15H,8-12H2,1-7H3. The zero-order chi connectivity index (χ0) is 15.6. The molecule has 0 saturated heterocycles. The molecule has 0 bridgehead atoms. The van der Waals surface area contributed by atoms with Gasteiger partial charge in [0.25, 0.3) is 0 Å². The molecule has 0 N–H and O–H groups in total. The Bertz CT molecular complexity index is 267. The molecule has 20 heavy (non-hydrogen) atoms. The normalized spacial score (nSPS) is 16.2. The van der Waals surface area contributed by atoms with Crippen molar-refractivity contribution >= 4 is 14.5 Å². The summed E-state index contributed by atoms with van der Waals surface area (Å²) in [5.74, 6) is 0.487. The fourth-order valence-electron chi connectivity index (χ4n) is 2.11. The number of nitrogens with zero attached hydrogens (tertiary/aromatic N) is 1. The van der Waals surface area contributed by atoms with Gasteiger partial charge >= 0.3 is 8.80 Å². The van der Waals surface area contributed by atoms with Crippen molar-refractivity contribution in [3.05, 3.63) is 0 Å². The van der Waals surface area contributed by atoms with Crippen LogP contribution in [0.2, 0.25) is 0 Å². The Kier molecular flexibility index (Phi) is 10.4. The van der Waals surface area contributed by atoms with E-state index in [1.165, 1.54) is 0 Å². The van der Waals surface area contributed by atoms with Gasteiger partial charge in [0.15, 0.2) is 0 Å². The molecule has 0 aliphatic rings. The minimum Gasteiger partial charge on any atom is -0.373 e. The molecule has 2 unspecified atom stereocenters. The first-order chi connectivity index (χ1) is 9.51.